The Hall–Kier alpha value is -4.41. The van der Waals surface area contributed by atoms with E-state index in [4.69, 9.17) is 15.2 Å². The number of nitrogens with one attached hydrogen (secondary N) is 3. The van der Waals surface area contributed by atoms with Crippen LogP contribution in [0, 0.1) is 0 Å². The lowest BCUT2D eigenvalue weighted by atomic mass is 10.1. The van der Waals surface area contributed by atoms with Crippen molar-refractivity contribution in [3.8, 4) is 22.9 Å². The zero-order valence-electron chi connectivity index (χ0n) is 19.3. The number of benzene rings is 1. The number of aromatic nitrogens is 5. The van der Waals surface area contributed by atoms with Crippen molar-refractivity contribution < 1.29 is 9.47 Å². The van der Waals surface area contributed by atoms with E-state index in [2.05, 4.69) is 35.2 Å². The molecule has 3 heterocycles. The first-order valence-corrected chi connectivity index (χ1v) is 10.7. The van der Waals surface area contributed by atoms with Crippen LogP contribution in [-0.2, 0) is 0 Å². The summed E-state index contributed by atoms with van der Waals surface area (Å²) in [5, 5.41) is 3.30. The number of aromatic amines is 2. The van der Waals surface area contributed by atoms with Crippen LogP contribution in [0.2, 0.25) is 0 Å². The Labute approximate surface area is 195 Å². The van der Waals surface area contributed by atoms with Crippen molar-refractivity contribution in [3.63, 3.8) is 0 Å². The van der Waals surface area contributed by atoms with Crippen LogP contribution in [0.15, 0.2) is 40.4 Å². The maximum atomic E-state index is 13.3. The average molecular weight is 463 g/mol. The van der Waals surface area contributed by atoms with Crippen molar-refractivity contribution in [1.29, 1.82) is 0 Å². The summed E-state index contributed by atoms with van der Waals surface area (Å²) in [7, 11) is 3.10. The average Bonchev–Trinajstić information content (AvgIpc) is 3.26. The number of pyridine rings is 1. The molecule has 11 heteroatoms. The van der Waals surface area contributed by atoms with E-state index in [1.165, 1.54) is 0 Å². The van der Waals surface area contributed by atoms with Gasteiger partial charge in [0.25, 0.3) is 5.56 Å². The van der Waals surface area contributed by atoms with E-state index < -0.39 is 0 Å². The number of hydrogen-bond donors (Lipinski definition) is 4. The number of nitrogen functional groups attached to an aromatic ring is 1. The minimum absolute atomic E-state index is 0.253. The molecule has 1 aromatic carbocycles. The molecule has 0 saturated carbocycles. The molecule has 11 nitrogen and oxygen atoms in total. The van der Waals surface area contributed by atoms with Gasteiger partial charge in [-0.15, -0.1) is 0 Å². The van der Waals surface area contributed by atoms with E-state index in [0.29, 0.717) is 57.8 Å². The Kier molecular flexibility index (Phi) is 6.44. The Morgan fingerprint density at radius 2 is 1.88 bits per heavy atom. The predicted molar refractivity (Wildman–Crippen MR) is 132 cm³/mol. The fourth-order valence-electron chi connectivity index (χ4n) is 3.57. The Balaban J connectivity index is 1.90. The number of hydrogen-bond acceptors (Lipinski definition) is 9. The highest BCUT2D eigenvalue weighted by Gasteiger charge is 2.22. The van der Waals surface area contributed by atoms with Crippen LogP contribution in [0.5, 0.6) is 11.5 Å². The highest BCUT2D eigenvalue weighted by atomic mass is 16.5. The van der Waals surface area contributed by atoms with E-state index in [9.17, 15) is 4.79 Å². The third-order valence-corrected chi connectivity index (χ3v) is 5.25. The second-order valence-corrected chi connectivity index (χ2v) is 7.44. The van der Waals surface area contributed by atoms with Crippen molar-refractivity contribution in [2.24, 2.45) is 4.99 Å². The fourth-order valence-corrected chi connectivity index (χ4v) is 3.57. The summed E-state index contributed by atoms with van der Waals surface area (Å²) in [5.74, 6) is 1.95. The van der Waals surface area contributed by atoms with Gasteiger partial charge in [0.05, 0.1) is 48.4 Å². The molecule has 0 spiro atoms. The summed E-state index contributed by atoms with van der Waals surface area (Å²) >= 11 is 0. The van der Waals surface area contributed by atoms with Gasteiger partial charge in [-0.1, -0.05) is 0 Å². The summed E-state index contributed by atoms with van der Waals surface area (Å²) in [6, 6.07) is 4.89. The van der Waals surface area contributed by atoms with Crippen molar-refractivity contribution in [1.82, 2.24) is 24.9 Å². The van der Waals surface area contributed by atoms with Crippen molar-refractivity contribution >= 4 is 28.6 Å². The van der Waals surface area contributed by atoms with Gasteiger partial charge in [0.2, 0.25) is 0 Å². The monoisotopic (exact) mass is 462 g/mol. The first kappa shape index (κ1) is 22.8. The third-order valence-electron chi connectivity index (χ3n) is 5.25. The summed E-state index contributed by atoms with van der Waals surface area (Å²) in [6.07, 6.45) is 4.85. The number of rotatable bonds is 8. The minimum atomic E-state index is -0.381. The Bertz CT molecular complexity index is 1350. The normalized spacial score (nSPS) is 12.2. The number of ether oxygens (including phenoxy) is 2. The first-order valence-electron chi connectivity index (χ1n) is 10.7. The Morgan fingerprint density at radius 3 is 2.56 bits per heavy atom. The molecular formula is C23H26N8O3. The summed E-state index contributed by atoms with van der Waals surface area (Å²) in [5.41, 5.74) is 8.77. The zero-order chi connectivity index (χ0) is 24.2. The molecule has 0 fully saturated rings. The third kappa shape index (κ3) is 4.27. The van der Waals surface area contributed by atoms with Crippen molar-refractivity contribution in [3.05, 3.63) is 52.5 Å². The van der Waals surface area contributed by atoms with E-state index in [0.717, 1.165) is 0 Å². The van der Waals surface area contributed by atoms with Gasteiger partial charge < -0.3 is 30.5 Å². The minimum Gasteiger partial charge on any atom is -0.493 e. The van der Waals surface area contributed by atoms with Gasteiger partial charge in [-0.2, -0.15) is 0 Å². The molecule has 1 atom stereocenters. The maximum absolute atomic E-state index is 13.3. The molecule has 1 unspecified atom stereocenters. The molecule has 0 radical (unpaired) electrons. The number of anilines is 2. The number of nitrogens with two attached hydrogens (primary N) is 1. The van der Waals surface area contributed by atoms with Crippen LogP contribution in [0.4, 0.5) is 11.4 Å². The topological polar surface area (TPSA) is 156 Å². The van der Waals surface area contributed by atoms with Crippen LogP contribution >= 0.6 is 0 Å². The first-order chi connectivity index (χ1) is 16.5. The van der Waals surface area contributed by atoms with Crippen molar-refractivity contribution in [2.75, 3.05) is 31.8 Å². The number of aliphatic imine (C=N–C) groups is 1. The van der Waals surface area contributed by atoms with Gasteiger partial charge in [0.15, 0.2) is 11.5 Å². The van der Waals surface area contributed by atoms with E-state index >= 15 is 0 Å². The zero-order valence-corrected chi connectivity index (χ0v) is 19.3. The Morgan fingerprint density at radius 1 is 1.18 bits per heavy atom. The van der Waals surface area contributed by atoms with Gasteiger partial charge in [-0.05, 0) is 19.9 Å². The smallest absolute Gasteiger partial charge is 0.261 e. The van der Waals surface area contributed by atoms with Crippen LogP contribution in [0.25, 0.3) is 22.4 Å². The second-order valence-electron chi connectivity index (χ2n) is 7.44. The molecule has 4 aromatic rings. The highest BCUT2D eigenvalue weighted by Crippen LogP contribution is 2.35. The van der Waals surface area contributed by atoms with Gasteiger partial charge in [-0.25, -0.2) is 15.0 Å². The standard InChI is InChI=1S/C23H26N8O3/c1-5-25-11-15-19(24)20(28-12(2)21-26-7-6-8-27-21)18(23(32)31-15)22-29-13-9-16(33-3)17(34-4)10-14(13)30-22/h6-12H,5,24H2,1-4H3,(H,29,30)(H2,28,31,32). The fraction of sp³-hybridized carbons (Fsp3) is 0.261. The summed E-state index contributed by atoms with van der Waals surface area (Å²) in [6.45, 7) is 4.32. The van der Waals surface area contributed by atoms with Crippen molar-refractivity contribution in [2.45, 2.75) is 19.9 Å². The number of H-pyrrole nitrogens is 2. The molecule has 0 aliphatic heterocycles. The van der Waals surface area contributed by atoms with Crippen LogP contribution < -0.4 is 26.1 Å². The lowest BCUT2D eigenvalue weighted by Crippen LogP contribution is -2.21. The summed E-state index contributed by atoms with van der Waals surface area (Å²) in [4.78, 5) is 36.7. The molecule has 0 aliphatic rings. The van der Waals surface area contributed by atoms with E-state index in [1.807, 2.05) is 13.8 Å². The van der Waals surface area contributed by atoms with Crippen LogP contribution in [0.3, 0.4) is 0 Å². The maximum Gasteiger partial charge on any atom is 0.261 e. The van der Waals surface area contributed by atoms with E-state index in [1.54, 1.807) is 51.0 Å². The molecule has 0 saturated heterocycles. The lowest BCUT2D eigenvalue weighted by Gasteiger charge is -2.19. The predicted octanol–water partition coefficient (Wildman–Crippen LogP) is 2.92. The van der Waals surface area contributed by atoms with Gasteiger partial charge in [0, 0.05) is 37.3 Å². The second kappa shape index (κ2) is 9.61. The quantitative estimate of drug-likeness (QED) is 0.291. The molecule has 0 aliphatic carbocycles. The lowest BCUT2D eigenvalue weighted by molar-refractivity contribution is 0.356. The number of imidazole rings is 1. The number of nitrogens with zero attached hydrogens (tertiary/aromatic N) is 4. The van der Waals surface area contributed by atoms with Gasteiger partial charge >= 0.3 is 0 Å². The molecule has 3 aromatic heterocycles. The van der Waals surface area contributed by atoms with Crippen LogP contribution in [0.1, 0.15) is 31.4 Å². The SMILES string of the molecule is CCN=Cc1[nH]c(=O)c(-c2nc3cc(OC)c(OC)cc3[nH]2)c(NC(C)c2ncccn2)c1N. The molecule has 176 valence electrons. The molecule has 5 N–H and O–H groups in total. The largest absolute Gasteiger partial charge is 0.493 e. The number of fused-ring (bicyclic) bond motifs is 1. The highest BCUT2D eigenvalue weighted by molar-refractivity contribution is 5.95. The van der Waals surface area contributed by atoms with Gasteiger partial charge in [-0.3, -0.25) is 9.79 Å². The molecular weight excluding hydrogens is 436 g/mol. The van der Waals surface area contributed by atoms with E-state index in [-0.39, 0.29) is 17.2 Å². The molecule has 0 bridgehead atoms. The number of methoxy groups -OCH3 is 2. The van der Waals surface area contributed by atoms with Gasteiger partial charge in [0.1, 0.15) is 17.2 Å². The summed E-state index contributed by atoms with van der Waals surface area (Å²) < 4.78 is 10.8. The molecule has 34 heavy (non-hydrogen) atoms. The van der Waals surface area contributed by atoms with Crippen LogP contribution in [-0.4, -0.2) is 51.9 Å². The molecule has 4 rings (SSSR count). The molecule has 0 amide bonds.